The molecule has 20 heavy (non-hydrogen) atoms. The molecule has 1 amide bonds. The van der Waals surface area contributed by atoms with Crippen molar-refractivity contribution in [1.82, 2.24) is 0 Å². The summed E-state index contributed by atoms with van der Waals surface area (Å²) in [4.78, 5) is 28.7. The summed E-state index contributed by atoms with van der Waals surface area (Å²) in [5.41, 5.74) is 4.17. The van der Waals surface area contributed by atoms with Crippen LogP contribution in [0.5, 0.6) is 0 Å². The number of carbonyl (C=O) groups is 2. The van der Waals surface area contributed by atoms with Crippen LogP contribution in [0.25, 0.3) is 0 Å². The molecule has 0 bridgehead atoms. The summed E-state index contributed by atoms with van der Waals surface area (Å²) >= 11 is 0. The molecule has 0 radical (unpaired) electrons. The fourth-order valence-corrected chi connectivity index (χ4v) is 2.77. The highest BCUT2D eigenvalue weighted by Crippen LogP contribution is 2.33. The van der Waals surface area contributed by atoms with Gasteiger partial charge in [0.05, 0.1) is 11.4 Å². The summed E-state index contributed by atoms with van der Waals surface area (Å²) in [7, 11) is 0. The van der Waals surface area contributed by atoms with E-state index in [0.717, 1.165) is 16.8 Å². The zero-order valence-corrected chi connectivity index (χ0v) is 10.5. The fraction of sp³-hybridized carbons (Fsp3) is 0.0625. The van der Waals surface area contributed by atoms with E-state index in [2.05, 4.69) is 10.3 Å². The smallest absolute Gasteiger partial charge is 0.246 e. The monoisotopic (exact) mass is 262 g/mol. The Bertz CT molecular complexity index is 806. The van der Waals surface area contributed by atoms with Crippen molar-refractivity contribution < 1.29 is 9.59 Å². The van der Waals surface area contributed by atoms with Gasteiger partial charge in [-0.05, 0) is 6.07 Å². The van der Waals surface area contributed by atoms with E-state index in [1.54, 1.807) is 24.3 Å². The zero-order valence-electron chi connectivity index (χ0n) is 10.5. The number of ketones is 1. The molecule has 0 atom stereocenters. The molecule has 0 fully saturated rings. The Balaban J connectivity index is 2.11. The number of fused-ring (bicyclic) bond motifs is 2. The highest BCUT2D eigenvalue weighted by atomic mass is 16.2. The van der Waals surface area contributed by atoms with E-state index in [4.69, 9.17) is 0 Å². The van der Waals surface area contributed by atoms with Gasteiger partial charge in [-0.3, -0.25) is 14.6 Å². The van der Waals surface area contributed by atoms with Crippen LogP contribution in [0.1, 0.15) is 27.0 Å². The highest BCUT2D eigenvalue weighted by molar-refractivity contribution is 6.33. The van der Waals surface area contributed by atoms with Crippen LogP contribution < -0.4 is 5.32 Å². The minimum Gasteiger partial charge on any atom is -0.324 e. The Morgan fingerprint density at radius 2 is 1.65 bits per heavy atom. The third-order valence-corrected chi connectivity index (χ3v) is 3.63. The lowest BCUT2D eigenvalue weighted by atomic mass is 9.83. The SMILES string of the molecule is O=C1CN=C2c3ccccc3C(=O)c3cccc(c32)N1. The second kappa shape index (κ2) is 3.87. The molecule has 2 aromatic carbocycles. The maximum Gasteiger partial charge on any atom is 0.246 e. The number of carbonyl (C=O) groups excluding carboxylic acids is 2. The second-order valence-corrected chi connectivity index (χ2v) is 4.82. The molecule has 1 N–H and O–H groups in total. The molecule has 0 aromatic heterocycles. The van der Waals surface area contributed by atoms with E-state index in [-0.39, 0.29) is 18.2 Å². The first kappa shape index (κ1) is 11.1. The van der Waals surface area contributed by atoms with E-state index in [1.165, 1.54) is 0 Å². The summed E-state index contributed by atoms with van der Waals surface area (Å²) in [5.74, 6) is -0.183. The van der Waals surface area contributed by atoms with Crippen molar-refractivity contribution in [3.63, 3.8) is 0 Å². The molecule has 4 rings (SSSR count). The van der Waals surface area contributed by atoms with Crippen LogP contribution in [-0.4, -0.2) is 23.9 Å². The van der Waals surface area contributed by atoms with E-state index in [0.29, 0.717) is 16.8 Å². The maximum atomic E-state index is 12.6. The van der Waals surface area contributed by atoms with Crippen molar-refractivity contribution in [3.8, 4) is 0 Å². The van der Waals surface area contributed by atoms with Crippen LogP contribution in [-0.2, 0) is 4.79 Å². The third-order valence-electron chi connectivity index (χ3n) is 3.63. The van der Waals surface area contributed by atoms with Crippen LogP contribution >= 0.6 is 0 Å². The van der Waals surface area contributed by atoms with E-state index in [9.17, 15) is 9.59 Å². The summed E-state index contributed by atoms with van der Waals surface area (Å²) < 4.78 is 0. The zero-order chi connectivity index (χ0) is 13.7. The molecule has 1 aliphatic heterocycles. The molecule has 2 aliphatic rings. The second-order valence-electron chi connectivity index (χ2n) is 4.82. The normalized spacial score (nSPS) is 15.7. The van der Waals surface area contributed by atoms with Crippen molar-refractivity contribution in [3.05, 3.63) is 64.7 Å². The maximum absolute atomic E-state index is 12.6. The van der Waals surface area contributed by atoms with E-state index < -0.39 is 0 Å². The van der Waals surface area contributed by atoms with Gasteiger partial charge in [0.1, 0.15) is 6.54 Å². The number of nitrogens with zero attached hydrogens (tertiary/aromatic N) is 1. The number of rotatable bonds is 0. The minimum atomic E-state index is -0.162. The first-order chi connectivity index (χ1) is 9.75. The van der Waals surface area contributed by atoms with Gasteiger partial charge in [-0.25, -0.2) is 0 Å². The molecule has 1 aliphatic carbocycles. The molecular formula is C16H10N2O2. The molecule has 0 saturated heterocycles. The van der Waals surface area contributed by atoms with Crippen LogP contribution in [0.4, 0.5) is 5.69 Å². The van der Waals surface area contributed by atoms with Gasteiger partial charge in [0.15, 0.2) is 5.78 Å². The van der Waals surface area contributed by atoms with Crippen LogP contribution in [0.15, 0.2) is 47.5 Å². The van der Waals surface area contributed by atoms with Crippen molar-refractivity contribution in [2.45, 2.75) is 0 Å². The number of hydrogen-bond donors (Lipinski definition) is 1. The first-order valence-corrected chi connectivity index (χ1v) is 6.37. The van der Waals surface area contributed by atoms with Gasteiger partial charge in [0, 0.05) is 22.3 Å². The van der Waals surface area contributed by atoms with E-state index in [1.807, 2.05) is 18.2 Å². The van der Waals surface area contributed by atoms with Gasteiger partial charge in [-0.2, -0.15) is 0 Å². The Labute approximate surface area is 115 Å². The molecule has 1 heterocycles. The average Bonchev–Trinajstić information content (AvgIpc) is 2.64. The van der Waals surface area contributed by atoms with Crippen molar-refractivity contribution in [1.29, 1.82) is 0 Å². The van der Waals surface area contributed by atoms with Gasteiger partial charge in [-0.1, -0.05) is 36.4 Å². The van der Waals surface area contributed by atoms with Gasteiger partial charge >= 0.3 is 0 Å². The predicted octanol–water partition coefficient (Wildman–Crippen LogP) is 2.02. The average molecular weight is 262 g/mol. The van der Waals surface area contributed by atoms with Crippen molar-refractivity contribution >= 4 is 23.1 Å². The quantitative estimate of drug-likeness (QED) is 0.673. The summed E-state index contributed by atoms with van der Waals surface area (Å²) in [6, 6.07) is 12.8. The number of nitrogens with one attached hydrogen (secondary N) is 1. The molecule has 4 nitrogen and oxygen atoms in total. The number of benzene rings is 2. The highest BCUT2D eigenvalue weighted by Gasteiger charge is 2.31. The van der Waals surface area contributed by atoms with E-state index >= 15 is 0 Å². The van der Waals surface area contributed by atoms with Gasteiger partial charge in [0.2, 0.25) is 5.91 Å². The van der Waals surface area contributed by atoms with Crippen LogP contribution in [0.2, 0.25) is 0 Å². The Morgan fingerprint density at radius 1 is 0.900 bits per heavy atom. The molecule has 0 saturated carbocycles. The number of anilines is 1. The van der Waals surface area contributed by atoms with Crippen molar-refractivity contribution in [2.75, 3.05) is 11.9 Å². The molecule has 4 heteroatoms. The van der Waals surface area contributed by atoms with Gasteiger partial charge in [-0.15, -0.1) is 0 Å². The number of aliphatic imine (C=N–C) groups is 1. The molecular weight excluding hydrogens is 252 g/mol. The lowest BCUT2D eigenvalue weighted by Crippen LogP contribution is -2.22. The minimum absolute atomic E-state index is 0.0208. The fourth-order valence-electron chi connectivity index (χ4n) is 2.77. The summed E-state index contributed by atoms with van der Waals surface area (Å²) in [6.07, 6.45) is 0. The molecule has 96 valence electrons. The largest absolute Gasteiger partial charge is 0.324 e. The lowest BCUT2D eigenvalue weighted by molar-refractivity contribution is -0.114. The standard InChI is InChI=1S/C16H10N2O2/c19-13-8-17-15-9-4-1-2-5-10(9)16(20)11-6-3-7-12(18-13)14(11)15/h1-7H,8H2,(H,18,19). The Morgan fingerprint density at radius 3 is 2.50 bits per heavy atom. The first-order valence-electron chi connectivity index (χ1n) is 6.37. The number of hydrogen-bond acceptors (Lipinski definition) is 3. The topological polar surface area (TPSA) is 58.5 Å². The predicted molar refractivity (Wildman–Crippen MR) is 75.5 cm³/mol. The Kier molecular flexibility index (Phi) is 2.15. The molecule has 2 aromatic rings. The van der Waals surface area contributed by atoms with Crippen LogP contribution in [0, 0.1) is 0 Å². The Hall–Kier alpha value is -2.75. The molecule has 0 unspecified atom stereocenters. The van der Waals surface area contributed by atoms with Crippen molar-refractivity contribution in [2.24, 2.45) is 4.99 Å². The lowest BCUT2D eigenvalue weighted by Gasteiger charge is -2.21. The number of amides is 1. The molecule has 0 spiro atoms. The van der Waals surface area contributed by atoms with Gasteiger partial charge in [0.25, 0.3) is 0 Å². The summed E-state index contributed by atoms with van der Waals surface area (Å²) in [6.45, 7) is 0.0754. The third kappa shape index (κ3) is 1.39. The van der Waals surface area contributed by atoms with Crippen LogP contribution in [0.3, 0.4) is 0 Å². The van der Waals surface area contributed by atoms with Gasteiger partial charge < -0.3 is 5.32 Å². The summed E-state index contributed by atoms with van der Waals surface area (Å²) in [5, 5.41) is 2.81.